The van der Waals surface area contributed by atoms with Gasteiger partial charge in [0.1, 0.15) is 0 Å². The molecule has 0 N–H and O–H groups in total. The second-order valence-electron chi connectivity index (χ2n) is 4.70. The zero-order valence-corrected chi connectivity index (χ0v) is 12.3. The van der Waals surface area contributed by atoms with E-state index in [1.165, 1.54) is 16.2 Å². The summed E-state index contributed by atoms with van der Waals surface area (Å²) in [6.07, 6.45) is 1.91. The monoisotopic (exact) mass is 277 g/mol. The van der Waals surface area contributed by atoms with Crippen LogP contribution >= 0.6 is 7.92 Å². The standard InChI is InChI=1S/C18H16NP/c1-15-12-13-19-18(14-15)20(16-8-4-2-5-9-16)17-10-6-3-7-11-17/h2-14H,1H3. The Balaban J connectivity index is 2.14. The Hall–Kier alpha value is -1.98. The van der Waals surface area contributed by atoms with E-state index in [-0.39, 0.29) is 0 Å². The first-order valence-electron chi connectivity index (χ1n) is 6.67. The minimum atomic E-state index is -0.573. The molecule has 1 nitrogen and oxygen atoms in total. The van der Waals surface area contributed by atoms with E-state index in [0.29, 0.717) is 0 Å². The average molecular weight is 277 g/mol. The number of nitrogens with zero attached hydrogens (tertiary/aromatic N) is 1. The third kappa shape index (κ3) is 2.79. The van der Waals surface area contributed by atoms with E-state index >= 15 is 0 Å². The van der Waals surface area contributed by atoms with Gasteiger partial charge in [0.15, 0.2) is 0 Å². The minimum absolute atomic E-state index is 0.573. The maximum absolute atomic E-state index is 4.62. The van der Waals surface area contributed by atoms with Gasteiger partial charge in [-0.1, -0.05) is 60.7 Å². The Morgan fingerprint density at radius 3 is 1.80 bits per heavy atom. The second-order valence-corrected chi connectivity index (χ2v) is 6.86. The summed E-state index contributed by atoms with van der Waals surface area (Å²) in [6.45, 7) is 2.12. The molecule has 0 radical (unpaired) electrons. The summed E-state index contributed by atoms with van der Waals surface area (Å²) in [5.74, 6) is 0. The third-order valence-electron chi connectivity index (χ3n) is 3.16. The maximum Gasteiger partial charge on any atom is 0.0723 e. The van der Waals surface area contributed by atoms with Crippen molar-refractivity contribution in [3.63, 3.8) is 0 Å². The van der Waals surface area contributed by atoms with Gasteiger partial charge in [0.25, 0.3) is 0 Å². The minimum Gasteiger partial charge on any atom is -0.256 e. The van der Waals surface area contributed by atoms with Crippen molar-refractivity contribution in [1.29, 1.82) is 0 Å². The van der Waals surface area contributed by atoms with Gasteiger partial charge in [0, 0.05) is 14.1 Å². The molecular formula is C18H16NP. The van der Waals surface area contributed by atoms with Crippen molar-refractivity contribution in [3.8, 4) is 0 Å². The van der Waals surface area contributed by atoms with Crippen LogP contribution in [0.3, 0.4) is 0 Å². The predicted octanol–water partition coefficient (Wildman–Crippen LogP) is 3.15. The first-order valence-corrected chi connectivity index (χ1v) is 8.01. The fraction of sp³-hybridized carbons (Fsp3) is 0.0556. The number of pyridine rings is 1. The van der Waals surface area contributed by atoms with Crippen LogP contribution in [0, 0.1) is 6.92 Å². The quantitative estimate of drug-likeness (QED) is 0.670. The molecule has 0 amide bonds. The van der Waals surface area contributed by atoms with Gasteiger partial charge in [-0.25, -0.2) is 0 Å². The highest BCUT2D eigenvalue weighted by Crippen LogP contribution is 2.31. The Morgan fingerprint density at radius 2 is 1.30 bits per heavy atom. The molecule has 2 heteroatoms. The van der Waals surface area contributed by atoms with E-state index in [2.05, 4.69) is 78.6 Å². The van der Waals surface area contributed by atoms with Crippen molar-refractivity contribution in [2.45, 2.75) is 6.92 Å². The first-order chi connectivity index (χ1) is 9.84. The number of hydrogen-bond acceptors (Lipinski definition) is 1. The molecule has 1 aromatic heterocycles. The molecular weight excluding hydrogens is 261 g/mol. The van der Waals surface area contributed by atoms with Crippen LogP contribution in [0.4, 0.5) is 0 Å². The fourth-order valence-corrected chi connectivity index (χ4v) is 4.49. The molecule has 0 aliphatic carbocycles. The Labute approximate surface area is 121 Å². The van der Waals surface area contributed by atoms with Crippen LogP contribution in [0.5, 0.6) is 0 Å². The van der Waals surface area contributed by atoms with E-state index in [4.69, 9.17) is 0 Å². The molecule has 0 spiro atoms. The lowest BCUT2D eigenvalue weighted by molar-refractivity contribution is 1.34. The summed E-state index contributed by atoms with van der Waals surface area (Å²) in [5, 5.41) is 2.68. The number of aromatic nitrogens is 1. The zero-order chi connectivity index (χ0) is 13.8. The van der Waals surface area contributed by atoms with E-state index in [1.54, 1.807) is 0 Å². The molecule has 0 bridgehead atoms. The Kier molecular flexibility index (Phi) is 3.90. The van der Waals surface area contributed by atoms with Crippen LogP contribution in [0.25, 0.3) is 0 Å². The van der Waals surface area contributed by atoms with E-state index in [1.807, 2.05) is 12.3 Å². The summed E-state index contributed by atoms with van der Waals surface area (Å²) in [6, 6.07) is 25.6. The van der Waals surface area contributed by atoms with Gasteiger partial charge in [-0.2, -0.15) is 0 Å². The molecule has 0 aliphatic heterocycles. The van der Waals surface area contributed by atoms with Crippen LogP contribution in [0.1, 0.15) is 5.56 Å². The van der Waals surface area contributed by atoms with Crippen LogP contribution in [-0.2, 0) is 0 Å². The zero-order valence-electron chi connectivity index (χ0n) is 11.4. The first kappa shape index (κ1) is 13.0. The third-order valence-corrected chi connectivity index (χ3v) is 5.49. The fourth-order valence-electron chi connectivity index (χ4n) is 2.21. The van der Waals surface area contributed by atoms with Crippen LogP contribution < -0.4 is 16.0 Å². The highest BCUT2D eigenvalue weighted by atomic mass is 31.1. The molecule has 98 valence electrons. The molecule has 0 fully saturated rings. The molecule has 3 rings (SSSR count). The van der Waals surface area contributed by atoms with Crippen molar-refractivity contribution in [1.82, 2.24) is 4.98 Å². The SMILES string of the molecule is Cc1ccnc(P(c2ccccc2)c2ccccc2)c1. The number of aryl methyl sites for hydroxylation is 1. The van der Waals surface area contributed by atoms with Gasteiger partial charge in [-0.3, -0.25) is 4.98 Å². The number of rotatable bonds is 3. The highest BCUT2D eigenvalue weighted by molar-refractivity contribution is 7.79. The molecule has 0 saturated heterocycles. The molecule has 0 aliphatic rings. The predicted molar refractivity (Wildman–Crippen MR) is 87.7 cm³/mol. The lowest BCUT2D eigenvalue weighted by Gasteiger charge is -2.18. The summed E-state index contributed by atoms with van der Waals surface area (Å²) in [7, 11) is -0.573. The number of benzene rings is 2. The molecule has 2 aromatic carbocycles. The normalized spacial score (nSPS) is 10.7. The van der Waals surface area contributed by atoms with Crippen molar-refractivity contribution in [3.05, 3.63) is 84.6 Å². The van der Waals surface area contributed by atoms with Gasteiger partial charge < -0.3 is 0 Å². The van der Waals surface area contributed by atoms with Gasteiger partial charge in [0.2, 0.25) is 0 Å². The van der Waals surface area contributed by atoms with Crippen molar-refractivity contribution < 1.29 is 0 Å². The average Bonchev–Trinajstić information content (AvgIpc) is 2.50. The van der Waals surface area contributed by atoms with Gasteiger partial charge in [-0.15, -0.1) is 0 Å². The highest BCUT2D eigenvalue weighted by Gasteiger charge is 2.17. The summed E-state index contributed by atoms with van der Waals surface area (Å²) in [5.41, 5.74) is 2.42. The van der Waals surface area contributed by atoms with Gasteiger partial charge in [-0.05, 0) is 35.2 Å². The van der Waals surface area contributed by atoms with Crippen LogP contribution in [-0.4, -0.2) is 4.98 Å². The molecule has 20 heavy (non-hydrogen) atoms. The summed E-state index contributed by atoms with van der Waals surface area (Å²) >= 11 is 0. The van der Waals surface area contributed by atoms with Gasteiger partial charge in [0.05, 0.1) is 5.44 Å². The van der Waals surface area contributed by atoms with Gasteiger partial charge >= 0.3 is 0 Å². The van der Waals surface area contributed by atoms with E-state index < -0.39 is 7.92 Å². The van der Waals surface area contributed by atoms with Crippen LogP contribution in [0.2, 0.25) is 0 Å². The number of hydrogen-bond donors (Lipinski definition) is 0. The molecule has 1 heterocycles. The van der Waals surface area contributed by atoms with Crippen molar-refractivity contribution >= 4 is 24.0 Å². The summed E-state index contributed by atoms with van der Waals surface area (Å²) < 4.78 is 0. The lowest BCUT2D eigenvalue weighted by atomic mass is 10.3. The van der Waals surface area contributed by atoms with Crippen molar-refractivity contribution in [2.75, 3.05) is 0 Å². The molecule has 0 unspecified atom stereocenters. The Bertz CT molecular complexity index is 641. The molecule has 0 atom stereocenters. The summed E-state index contributed by atoms with van der Waals surface area (Å²) in [4.78, 5) is 4.62. The second kappa shape index (κ2) is 5.98. The maximum atomic E-state index is 4.62. The largest absolute Gasteiger partial charge is 0.256 e. The van der Waals surface area contributed by atoms with E-state index in [0.717, 1.165) is 5.44 Å². The lowest BCUT2D eigenvalue weighted by Crippen LogP contribution is -2.22. The van der Waals surface area contributed by atoms with Crippen molar-refractivity contribution in [2.24, 2.45) is 0 Å². The smallest absolute Gasteiger partial charge is 0.0723 e. The molecule has 3 aromatic rings. The van der Waals surface area contributed by atoms with Crippen LogP contribution in [0.15, 0.2) is 79.0 Å². The molecule has 0 saturated carbocycles. The van der Waals surface area contributed by atoms with E-state index in [9.17, 15) is 0 Å². The Morgan fingerprint density at radius 1 is 0.750 bits per heavy atom. The topological polar surface area (TPSA) is 12.9 Å².